The van der Waals surface area contributed by atoms with Gasteiger partial charge in [-0.15, -0.1) is 0 Å². The first-order valence-corrected chi connectivity index (χ1v) is 5.47. The van der Waals surface area contributed by atoms with Gasteiger partial charge in [0.15, 0.2) is 0 Å². The molecule has 2 atom stereocenters. The lowest BCUT2D eigenvalue weighted by molar-refractivity contribution is 0.559. The van der Waals surface area contributed by atoms with E-state index < -0.39 is 0 Å². The molecule has 0 radical (unpaired) electrons. The molecule has 2 unspecified atom stereocenters. The second kappa shape index (κ2) is 2.91. The molecule has 0 aromatic heterocycles. The minimum Gasteiger partial charge on any atom is -0.399 e. The average molecular weight is 188 g/mol. The summed E-state index contributed by atoms with van der Waals surface area (Å²) in [6, 6.07) is 9.14. The number of piperidine rings is 1. The number of nitrogens with zero attached hydrogens (tertiary/aromatic N) is 1. The Morgan fingerprint density at radius 1 is 1.21 bits per heavy atom. The summed E-state index contributed by atoms with van der Waals surface area (Å²) in [4.78, 5) is 2.55. The predicted molar refractivity (Wildman–Crippen MR) is 59.3 cm³/mol. The fourth-order valence-corrected chi connectivity index (χ4v) is 2.60. The van der Waals surface area contributed by atoms with Gasteiger partial charge in [0.25, 0.3) is 0 Å². The third-order valence-corrected chi connectivity index (χ3v) is 3.48. The highest BCUT2D eigenvalue weighted by Gasteiger charge is 2.43. The van der Waals surface area contributed by atoms with Crippen molar-refractivity contribution in [2.24, 2.45) is 5.92 Å². The number of fused-ring (bicyclic) bond motifs is 1. The van der Waals surface area contributed by atoms with Crippen molar-refractivity contribution in [1.29, 1.82) is 0 Å². The molecule has 2 nitrogen and oxygen atoms in total. The SMILES string of the molecule is Nc1ccc(N2CCCC3CC32)cc1. The lowest BCUT2D eigenvalue weighted by Crippen LogP contribution is -2.31. The van der Waals surface area contributed by atoms with Gasteiger partial charge in [0, 0.05) is 24.0 Å². The molecule has 1 saturated heterocycles. The number of rotatable bonds is 1. The maximum absolute atomic E-state index is 5.68. The van der Waals surface area contributed by atoms with Crippen molar-refractivity contribution in [3.63, 3.8) is 0 Å². The number of hydrogen-bond acceptors (Lipinski definition) is 2. The number of anilines is 2. The summed E-state index contributed by atoms with van der Waals surface area (Å²) in [5.74, 6) is 0.987. The van der Waals surface area contributed by atoms with Crippen LogP contribution in [0, 0.1) is 5.92 Å². The zero-order chi connectivity index (χ0) is 9.54. The molecule has 1 aliphatic heterocycles. The molecule has 1 saturated carbocycles. The summed E-state index contributed by atoms with van der Waals surface area (Å²) in [6.45, 7) is 1.23. The zero-order valence-electron chi connectivity index (χ0n) is 8.32. The van der Waals surface area contributed by atoms with Crippen molar-refractivity contribution >= 4 is 11.4 Å². The van der Waals surface area contributed by atoms with Crippen LogP contribution in [-0.4, -0.2) is 12.6 Å². The molecule has 14 heavy (non-hydrogen) atoms. The van der Waals surface area contributed by atoms with Crippen molar-refractivity contribution in [1.82, 2.24) is 0 Å². The first-order chi connectivity index (χ1) is 6.84. The molecule has 2 fully saturated rings. The highest BCUT2D eigenvalue weighted by atomic mass is 15.2. The van der Waals surface area contributed by atoms with Crippen LogP contribution in [0.25, 0.3) is 0 Å². The van der Waals surface area contributed by atoms with E-state index in [1.54, 1.807) is 0 Å². The Kier molecular flexibility index (Phi) is 1.69. The Morgan fingerprint density at radius 2 is 2.00 bits per heavy atom. The molecule has 1 aromatic rings. The molecule has 1 aromatic carbocycles. The van der Waals surface area contributed by atoms with E-state index in [4.69, 9.17) is 5.73 Å². The smallest absolute Gasteiger partial charge is 0.0370 e. The number of benzene rings is 1. The van der Waals surface area contributed by atoms with Crippen LogP contribution in [0.15, 0.2) is 24.3 Å². The molecule has 1 heterocycles. The second-order valence-corrected chi connectivity index (χ2v) is 4.49. The summed E-state index contributed by atoms with van der Waals surface area (Å²) in [7, 11) is 0. The van der Waals surface area contributed by atoms with E-state index in [1.165, 1.54) is 31.5 Å². The van der Waals surface area contributed by atoms with E-state index in [-0.39, 0.29) is 0 Å². The van der Waals surface area contributed by atoms with E-state index in [1.807, 2.05) is 12.1 Å². The largest absolute Gasteiger partial charge is 0.399 e. The third kappa shape index (κ3) is 1.26. The standard InChI is InChI=1S/C12H16N2/c13-10-3-5-11(6-4-10)14-7-1-2-9-8-12(9)14/h3-6,9,12H,1-2,7-8,13H2. The van der Waals surface area contributed by atoms with Crippen LogP contribution < -0.4 is 10.6 Å². The topological polar surface area (TPSA) is 29.3 Å². The molecular formula is C12H16N2. The van der Waals surface area contributed by atoms with Crippen molar-refractivity contribution in [3.8, 4) is 0 Å². The Morgan fingerprint density at radius 3 is 2.79 bits per heavy atom. The van der Waals surface area contributed by atoms with Gasteiger partial charge in [0.2, 0.25) is 0 Å². The highest BCUT2D eigenvalue weighted by molar-refractivity contribution is 5.55. The van der Waals surface area contributed by atoms with E-state index in [0.29, 0.717) is 0 Å². The van der Waals surface area contributed by atoms with Gasteiger partial charge in [0.1, 0.15) is 0 Å². The van der Waals surface area contributed by atoms with Gasteiger partial charge in [0.05, 0.1) is 0 Å². The third-order valence-electron chi connectivity index (χ3n) is 3.48. The van der Waals surface area contributed by atoms with Gasteiger partial charge in [-0.25, -0.2) is 0 Å². The fourth-order valence-electron chi connectivity index (χ4n) is 2.60. The molecule has 3 rings (SSSR count). The molecule has 0 amide bonds. The normalized spacial score (nSPS) is 29.9. The highest BCUT2D eigenvalue weighted by Crippen LogP contribution is 2.44. The van der Waals surface area contributed by atoms with Crippen LogP contribution in [0.5, 0.6) is 0 Å². The Labute approximate surface area is 84.7 Å². The Hall–Kier alpha value is -1.18. The molecule has 2 aliphatic rings. The van der Waals surface area contributed by atoms with Gasteiger partial charge >= 0.3 is 0 Å². The van der Waals surface area contributed by atoms with Crippen LogP contribution in [0.4, 0.5) is 11.4 Å². The van der Waals surface area contributed by atoms with Crippen molar-refractivity contribution in [2.75, 3.05) is 17.2 Å². The lowest BCUT2D eigenvalue weighted by Gasteiger charge is -2.28. The van der Waals surface area contributed by atoms with E-state index in [9.17, 15) is 0 Å². The minimum atomic E-state index is 0.840. The van der Waals surface area contributed by atoms with Crippen molar-refractivity contribution < 1.29 is 0 Å². The quantitative estimate of drug-likeness (QED) is 0.685. The second-order valence-electron chi connectivity index (χ2n) is 4.49. The van der Waals surface area contributed by atoms with Gasteiger partial charge in [-0.1, -0.05) is 0 Å². The predicted octanol–water partition coefficient (Wildman–Crippen LogP) is 2.26. The molecule has 1 aliphatic carbocycles. The maximum atomic E-state index is 5.68. The Bertz CT molecular complexity index is 331. The summed E-state index contributed by atoms with van der Waals surface area (Å²) in [5, 5.41) is 0. The summed E-state index contributed by atoms with van der Waals surface area (Å²) < 4.78 is 0. The number of nitrogens with two attached hydrogens (primary N) is 1. The average Bonchev–Trinajstić information content (AvgIpc) is 2.97. The van der Waals surface area contributed by atoms with Crippen molar-refractivity contribution in [2.45, 2.75) is 25.3 Å². The lowest BCUT2D eigenvalue weighted by atomic mass is 10.1. The van der Waals surface area contributed by atoms with Crippen LogP contribution in [0.2, 0.25) is 0 Å². The summed E-state index contributed by atoms with van der Waals surface area (Å²) in [5.41, 5.74) is 7.90. The first-order valence-electron chi connectivity index (χ1n) is 5.47. The number of nitrogen functional groups attached to an aromatic ring is 1. The van der Waals surface area contributed by atoms with Gasteiger partial charge in [-0.05, 0) is 49.4 Å². The van der Waals surface area contributed by atoms with Crippen LogP contribution in [0.3, 0.4) is 0 Å². The van der Waals surface area contributed by atoms with E-state index >= 15 is 0 Å². The van der Waals surface area contributed by atoms with Gasteiger partial charge in [-0.3, -0.25) is 0 Å². The maximum Gasteiger partial charge on any atom is 0.0370 e. The minimum absolute atomic E-state index is 0.840. The van der Waals surface area contributed by atoms with E-state index in [0.717, 1.165) is 17.6 Å². The van der Waals surface area contributed by atoms with Gasteiger partial charge in [-0.2, -0.15) is 0 Å². The van der Waals surface area contributed by atoms with Crippen LogP contribution >= 0.6 is 0 Å². The molecule has 0 spiro atoms. The number of hydrogen-bond donors (Lipinski definition) is 1. The summed E-state index contributed by atoms with van der Waals surface area (Å²) >= 11 is 0. The Balaban J connectivity index is 1.84. The van der Waals surface area contributed by atoms with Crippen LogP contribution in [-0.2, 0) is 0 Å². The van der Waals surface area contributed by atoms with E-state index in [2.05, 4.69) is 17.0 Å². The molecule has 74 valence electrons. The molecule has 0 bridgehead atoms. The molecule has 2 N–H and O–H groups in total. The molecular weight excluding hydrogens is 172 g/mol. The van der Waals surface area contributed by atoms with Crippen LogP contribution in [0.1, 0.15) is 19.3 Å². The monoisotopic (exact) mass is 188 g/mol. The van der Waals surface area contributed by atoms with Gasteiger partial charge < -0.3 is 10.6 Å². The first kappa shape index (κ1) is 8.16. The summed E-state index contributed by atoms with van der Waals surface area (Å²) in [6.07, 6.45) is 4.20. The molecule has 2 heteroatoms. The van der Waals surface area contributed by atoms with Crippen molar-refractivity contribution in [3.05, 3.63) is 24.3 Å². The zero-order valence-corrected chi connectivity index (χ0v) is 8.32. The fraction of sp³-hybridized carbons (Fsp3) is 0.500.